The lowest BCUT2D eigenvalue weighted by atomic mass is 9.81. The molecule has 16 heavy (non-hydrogen) atoms. The molecule has 1 fully saturated rings. The Labute approximate surface area is 94.7 Å². The first-order valence-electron chi connectivity index (χ1n) is 5.92. The van der Waals surface area contributed by atoms with E-state index in [9.17, 15) is 0 Å². The van der Waals surface area contributed by atoms with Gasteiger partial charge in [0, 0.05) is 12.3 Å². The van der Waals surface area contributed by atoms with Gasteiger partial charge in [-0.1, -0.05) is 19.3 Å². The topological polar surface area (TPSA) is 52.0 Å². The second-order valence-electron chi connectivity index (χ2n) is 4.71. The van der Waals surface area contributed by atoms with Crippen LogP contribution in [0, 0.1) is 0 Å². The van der Waals surface area contributed by atoms with Crippen LogP contribution in [0.5, 0.6) is 0 Å². The minimum Gasteiger partial charge on any atom is -0.457 e. The minimum atomic E-state index is -0.265. The molecule has 0 saturated heterocycles. The summed E-state index contributed by atoms with van der Waals surface area (Å²) in [5, 5.41) is 0. The van der Waals surface area contributed by atoms with E-state index >= 15 is 0 Å². The van der Waals surface area contributed by atoms with Crippen molar-refractivity contribution < 1.29 is 4.42 Å². The fourth-order valence-corrected chi connectivity index (χ4v) is 2.54. The number of pyridine rings is 1. The summed E-state index contributed by atoms with van der Waals surface area (Å²) in [6.07, 6.45) is 7.50. The van der Waals surface area contributed by atoms with Crippen molar-refractivity contribution in [3.63, 3.8) is 0 Å². The summed E-state index contributed by atoms with van der Waals surface area (Å²) in [6.45, 7) is 0. The number of aromatic nitrogens is 1. The first kappa shape index (κ1) is 9.85. The van der Waals surface area contributed by atoms with Crippen molar-refractivity contribution in [1.82, 2.24) is 4.98 Å². The van der Waals surface area contributed by atoms with Crippen molar-refractivity contribution >= 4 is 11.1 Å². The SMILES string of the molecule is NC1(c2cc3ncccc3o2)CCCCC1. The number of nitrogens with zero attached hydrogens (tertiary/aromatic N) is 1. The standard InChI is InChI=1S/C13H16N2O/c14-13(6-2-1-3-7-13)12-9-10-11(16-12)5-4-8-15-10/h4-5,8-9H,1-3,6-7,14H2. The third kappa shape index (κ3) is 1.52. The van der Waals surface area contributed by atoms with Crippen LogP contribution in [0.3, 0.4) is 0 Å². The van der Waals surface area contributed by atoms with E-state index in [1.807, 2.05) is 18.2 Å². The van der Waals surface area contributed by atoms with Crippen LogP contribution in [-0.4, -0.2) is 4.98 Å². The Morgan fingerprint density at radius 2 is 2.06 bits per heavy atom. The Morgan fingerprint density at radius 1 is 1.25 bits per heavy atom. The Hall–Kier alpha value is -1.35. The normalized spacial score (nSPS) is 20.1. The van der Waals surface area contributed by atoms with Gasteiger partial charge in [-0.15, -0.1) is 0 Å². The third-order valence-electron chi connectivity index (χ3n) is 3.52. The number of furan rings is 1. The van der Waals surface area contributed by atoms with Crippen molar-refractivity contribution in [3.05, 3.63) is 30.2 Å². The molecule has 0 aliphatic heterocycles. The molecule has 1 aliphatic carbocycles. The van der Waals surface area contributed by atoms with E-state index < -0.39 is 0 Å². The lowest BCUT2D eigenvalue weighted by molar-refractivity contribution is 0.257. The van der Waals surface area contributed by atoms with Crippen molar-refractivity contribution in [2.45, 2.75) is 37.6 Å². The summed E-state index contributed by atoms with van der Waals surface area (Å²) in [4.78, 5) is 4.28. The Morgan fingerprint density at radius 3 is 2.81 bits per heavy atom. The molecular weight excluding hydrogens is 200 g/mol. The summed E-state index contributed by atoms with van der Waals surface area (Å²) < 4.78 is 5.82. The number of fused-ring (bicyclic) bond motifs is 1. The van der Waals surface area contributed by atoms with Crippen LogP contribution >= 0.6 is 0 Å². The lowest BCUT2D eigenvalue weighted by Gasteiger charge is -2.31. The van der Waals surface area contributed by atoms with Crippen LogP contribution in [0.1, 0.15) is 37.9 Å². The molecule has 0 bridgehead atoms. The first-order valence-corrected chi connectivity index (χ1v) is 5.92. The molecule has 3 nitrogen and oxygen atoms in total. The predicted molar refractivity (Wildman–Crippen MR) is 63.0 cm³/mol. The van der Waals surface area contributed by atoms with E-state index in [2.05, 4.69) is 4.98 Å². The maximum atomic E-state index is 6.42. The molecule has 1 aliphatic rings. The Bertz CT molecular complexity index is 464. The highest BCUT2D eigenvalue weighted by molar-refractivity contribution is 5.73. The molecule has 2 aromatic heterocycles. The number of hydrogen-bond donors (Lipinski definition) is 1. The van der Waals surface area contributed by atoms with Gasteiger partial charge in [0.1, 0.15) is 11.3 Å². The van der Waals surface area contributed by atoms with Crippen molar-refractivity contribution in [2.24, 2.45) is 5.73 Å². The summed E-state index contributed by atoms with van der Waals surface area (Å²) in [7, 11) is 0. The molecular formula is C13H16N2O. The van der Waals surface area contributed by atoms with Gasteiger partial charge in [-0.2, -0.15) is 0 Å². The fraction of sp³-hybridized carbons (Fsp3) is 0.462. The number of rotatable bonds is 1. The molecule has 0 radical (unpaired) electrons. The minimum absolute atomic E-state index is 0.265. The van der Waals surface area contributed by atoms with Crippen molar-refractivity contribution in [3.8, 4) is 0 Å². The molecule has 0 atom stereocenters. The smallest absolute Gasteiger partial charge is 0.152 e. The summed E-state index contributed by atoms with van der Waals surface area (Å²) in [6, 6.07) is 5.83. The van der Waals surface area contributed by atoms with E-state index in [1.165, 1.54) is 19.3 Å². The average Bonchev–Trinajstić information content (AvgIpc) is 2.74. The predicted octanol–water partition coefficient (Wildman–Crippen LogP) is 2.95. The molecule has 2 heterocycles. The maximum Gasteiger partial charge on any atom is 0.152 e. The molecule has 3 rings (SSSR count). The van der Waals surface area contributed by atoms with Crippen LogP contribution in [0.15, 0.2) is 28.8 Å². The quantitative estimate of drug-likeness (QED) is 0.797. The number of nitrogens with two attached hydrogens (primary N) is 1. The van der Waals surface area contributed by atoms with Crippen molar-refractivity contribution in [1.29, 1.82) is 0 Å². The van der Waals surface area contributed by atoms with Crippen molar-refractivity contribution in [2.75, 3.05) is 0 Å². The van der Waals surface area contributed by atoms with E-state index in [-0.39, 0.29) is 5.54 Å². The second-order valence-corrected chi connectivity index (χ2v) is 4.71. The van der Waals surface area contributed by atoms with Crippen LogP contribution in [0.2, 0.25) is 0 Å². The van der Waals surface area contributed by atoms with Gasteiger partial charge in [0.2, 0.25) is 0 Å². The highest BCUT2D eigenvalue weighted by atomic mass is 16.3. The Balaban J connectivity index is 2.04. The number of hydrogen-bond acceptors (Lipinski definition) is 3. The average molecular weight is 216 g/mol. The van der Waals surface area contributed by atoms with Gasteiger partial charge in [0.25, 0.3) is 0 Å². The zero-order valence-electron chi connectivity index (χ0n) is 9.28. The first-order chi connectivity index (χ1) is 7.78. The monoisotopic (exact) mass is 216 g/mol. The molecule has 3 heteroatoms. The molecule has 0 unspecified atom stereocenters. The molecule has 0 spiro atoms. The van der Waals surface area contributed by atoms with E-state index in [1.54, 1.807) is 6.20 Å². The van der Waals surface area contributed by atoms with Gasteiger partial charge < -0.3 is 10.2 Å². The summed E-state index contributed by atoms with van der Waals surface area (Å²) in [5.41, 5.74) is 7.91. The molecule has 1 saturated carbocycles. The molecule has 2 aromatic rings. The fourth-order valence-electron chi connectivity index (χ4n) is 2.54. The second kappa shape index (κ2) is 3.59. The zero-order chi connectivity index (χ0) is 11.0. The van der Waals surface area contributed by atoms with Gasteiger partial charge in [-0.05, 0) is 25.0 Å². The van der Waals surface area contributed by atoms with Gasteiger partial charge in [0.15, 0.2) is 5.58 Å². The van der Waals surface area contributed by atoms with Crippen LogP contribution in [0.4, 0.5) is 0 Å². The maximum absolute atomic E-state index is 6.42. The van der Waals surface area contributed by atoms with Crippen LogP contribution < -0.4 is 5.73 Å². The molecule has 2 N–H and O–H groups in total. The molecule has 84 valence electrons. The zero-order valence-corrected chi connectivity index (χ0v) is 9.28. The van der Waals surface area contributed by atoms with Gasteiger partial charge >= 0.3 is 0 Å². The lowest BCUT2D eigenvalue weighted by Crippen LogP contribution is -2.38. The Kier molecular flexibility index (Phi) is 2.21. The van der Waals surface area contributed by atoms with E-state index in [0.717, 1.165) is 29.7 Å². The van der Waals surface area contributed by atoms with Crippen LogP contribution in [0.25, 0.3) is 11.1 Å². The molecule has 0 amide bonds. The summed E-state index contributed by atoms with van der Waals surface area (Å²) >= 11 is 0. The van der Waals surface area contributed by atoms with E-state index in [4.69, 9.17) is 10.2 Å². The van der Waals surface area contributed by atoms with Crippen LogP contribution in [-0.2, 0) is 5.54 Å². The third-order valence-corrected chi connectivity index (χ3v) is 3.52. The van der Waals surface area contributed by atoms with Gasteiger partial charge in [0.05, 0.1) is 5.54 Å². The van der Waals surface area contributed by atoms with E-state index in [0.29, 0.717) is 0 Å². The van der Waals surface area contributed by atoms with Gasteiger partial charge in [-0.25, -0.2) is 0 Å². The van der Waals surface area contributed by atoms with Gasteiger partial charge in [-0.3, -0.25) is 4.98 Å². The molecule has 0 aromatic carbocycles. The highest BCUT2D eigenvalue weighted by Crippen LogP contribution is 2.36. The summed E-state index contributed by atoms with van der Waals surface area (Å²) in [5.74, 6) is 0.904. The highest BCUT2D eigenvalue weighted by Gasteiger charge is 2.32. The largest absolute Gasteiger partial charge is 0.457 e.